The Morgan fingerprint density at radius 3 is 1.96 bits per heavy atom. The molecule has 23 heavy (non-hydrogen) atoms. The van der Waals surface area contributed by atoms with E-state index in [-0.39, 0.29) is 24.8 Å². The highest BCUT2D eigenvalue weighted by atomic mass is 35.5. The number of ether oxygens (including phenoxy) is 2. The normalized spacial score (nSPS) is 16.2. The Hall–Kier alpha value is -0.680. The zero-order valence-electron chi connectivity index (χ0n) is 14.5. The van der Waals surface area contributed by atoms with E-state index < -0.39 is 0 Å². The molecule has 1 aliphatic rings. The summed E-state index contributed by atoms with van der Waals surface area (Å²) in [4.78, 5) is 2.57. The molecule has 2 rings (SSSR count). The third-order valence-electron chi connectivity index (χ3n) is 4.05. The Morgan fingerprint density at radius 2 is 1.52 bits per heavy atom. The van der Waals surface area contributed by atoms with Crippen molar-refractivity contribution in [3.63, 3.8) is 0 Å². The lowest BCUT2D eigenvalue weighted by atomic mass is 9.94. The molecule has 1 heterocycles. The minimum atomic E-state index is 0. The van der Waals surface area contributed by atoms with Gasteiger partial charge in [-0.3, -0.25) is 4.90 Å². The smallest absolute Gasteiger partial charge is 0.122 e. The van der Waals surface area contributed by atoms with Crippen molar-refractivity contribution in [2.24, 2.45) is 5.92 Å². The van der Waals surface area contributed by atoms with Gasteiger partial charge in [0.25, 0.3) is 0 Å². The maximum absolute atomic E-state index is 5.43. The maximum Gasteiger partial charge on any atom is 0.122 e. The Kier molecular flexibility index (Phi) is 10.7. The van der Waals surface area contributed by atoms with Gasteiger partial charge in [0.15, 0.2) is 0 Å². The van der Waals surface area contributed by atoms with Gasteiger partial charge >= 0.3 is 0 Å². The maximum atomic E-state index is 5.43. The molecule has 4 nitrogen and oxygen atoms in total. The van der Waals surface area contributed by atoms with E-state index in [0.717, 1.165) is 44.1 Å². The average molecular weight is 365 g/mol. The Morgan fingerprint density at radius 1 is 1.00 bits per heavy atom. The zero-order chi connectivity index (χ0) is 15.2. The first-order valence-corrected chi connectivity index (χ1v) is 7.81. The fraction of sp³-hybridized carbons (Fsp3) is 0.647. The monoisotopic (exact) mass is 364 g/mol. The molecule has 1 aromatic carbocycles. The van der Waals surface area contributed by atoms with E-state index in [1.807, 2.05) is 6.07 Å². The molecule has 1 aromatic rings. The quantitative estimate of drug-likeness (QED) is 0.836. The van der Waals surface area contributed by atoms with Crippen LogP contribution in [0.2, 0.25) is 0 Å². The molecule has 0 aliphatic carbocycles. The highest BCUT2D eigenvalue weighted by molar-refractivity contribution is 5.85. The summed E-state index contributed by atoms with van der Waals surface area (Å²) in [6.07, 6.45) is 1.15. The Balaban J connectivity index is 0.00000242. The van der Waals surface area contributed by atoms with Crippen molar-refractivity contribution in [3.05, 3.63) is 23.8 Å². The average Bonchev–Trinajstić information content (AvgIpc) is 2.52. The molecule has 0 aromatic heterocycles. The number of halogens is 2. The van der Waals surface area contributed by atoms with Gasteiger partial charge in [-0.05, 0) is 30.0 Å². The van der Waals surface area contributed by atoms with Crippen molar-refractivity contribution in [3.8, 4) is 11.5 Å². The molecule has 134 valence electrons. The van der Waals surface area contributed by atoms with E-state index >= 15 is 0 Å². The second-order valence-corrected chi connectivity index (χ2v) is 6.08. The van der Waals surface area contributed by atoms with E-state index in [1.54, 1.807) is 14.2 Å². The second kappa shape index (κ2) is 11.0. The number of nitrogens with zero attached hydrogens (tertiary/aromatic N) is 1. The van der Waals surface area contributed by atoms with Gasteiger partial charge in [-0.1, -0.05) is 13.8 Å². The summed E-state index contributed by atoms with van der Waals surface area (Å²) in [6.45, 7) is 8.89. The van der Waals surface area contributed by atoms with Crippen molar-refractivity contribution in [1.29, 1.82) is 0 Å². The number of piperazine rings is 1. The molecule has 0 spiro atoms. The predicted octanol–water partition coefficient (Wildman–Crippen LogP) is 3.54. The molecule has 1 saturated heterocycles. The number of hydrogen-bond donors (Lipinski definition) is 1. The summed E-state index contributed by atoms with van der Waals surface area (Å²) in [6, 6.07) is 6.67. The fourth-order valence-electron chi connectivity index (χ4n) is 2.96. The molecule has 0 unspecified atom stereocenters. The molecule has 0 radical (unpaired) electrons. The molecule has 1 atom stereocenters. The predicted molar refractivity (Wildman–Crippen MR) is 101 cm³/mol. The van der Waals surface area contributed by atoms with E-state index in [9.17, 15) is 0 Å². The summed E-state index contributed by atoms with van der Waals surface area (Å²) in [5.41, 5.74) is 1.29. The summed E-state index contributed by atoms with van der Waals surface area (Å²) < 4.78 is 10.9. The lowest BCUT2D eigenvalue weighted by Crippen LogP contribution is -2.45. The van der Waals surface area contributed by atoms with Crippen molar-refractivity contribution in [1.82, 2.24) is 10.2 Å². The molecule has 1 aliphatic heterocycles. The molecule has 6 heteroatoms. The van der Waals surface area contributed by atoms with Crippen molar-refractivity contribution >= 4 is 24.8 Å². The SMILES string of the molecule is COc1cc(OC)cc([C@H](CC(C)C)N2CCNCC2)c1.Cl.Cl. The molecular weight excluding hydrogens is 335 g/mol. The standard InChI is InChI=1S/C17H28N2O2.2ClH/c1-13(2)9-17(19-7-5-18-6-8-19)14-10-15(20-3)12-16(11-14)21-4;;/h10-13,17-18H,5-9H2,1-4H3;2*1H/t17-;;/m0../s1. The van der Waals surface area contributed by atoms with E-state index in [1.165, 1.54) is 5.56 Å². The molecular formula is C17H30Cl2N2O2. The molecule has 0 amide bonds. The number of benzene rings is 1. The van der Waals surface area contributed by atoms with Gasteiger partial charge < -0.3 is 14.8 Å². The molecule has 1 N–H and O–H groups in total. The van der Waals surface area contributed by atoms with Crippen LogP contribution < -0.4 is 14.8 Å². The third-order valence-corrected chi connectivity index (χ3v) is 4.05. The van der Waals surface area contributed by atoms with E-state index in [2.05, 4.69) is 36.2 Å². The van der Waals surface area contributed by atoms with Crippen LogP contribution in [0, 0.1) is 5.92 Å². The van der Waals surface area contributed by atoms with Crippen LogP contribution in [-0.4, -0.2) is 45.3 Å². The minimum Gasteiger partial charge on any atom is -0.497 e. The van der Waals surface area contributed by atoms with Crippen LogP contribution in [0.25, 0.3) is 0 Å². The third kappa shape index (κ3) is 6.38. The van der Waals surface area contributed by atoms with Gasteiger partial charge in [-0.15, -0.1) is 24.8 Å². The number of nitrogens with one attached hydrogen (secondary N) is 1. The van der Waals surface area contributed by atoms with Gasteiger partial charge in [-0.25, -0.2) is 0 Å². The van der Waals surface area contributed by atoms with Gasteiger partial charge in [0, 0.05) is 38.3 Å². The van der Waals surface area contributed by atoms with E-state index in [0.29, 0.717) is 12.0 Å². The number of rotatable bonds is 6. The Bertz CT molecular complexity index is 430. The van der Waals surface area contributed by atoms with Gasteiger partial charge in [-0.2, -0.15) is 0 Å². The Labute approximate surface area is 152 Å². The summed E-state index contributed by atoms with van der Waals surface area (Å²) >= 11 is 0. The van der Waals surface area contributed by atoms with Crippen LogP contribution in [0.5, 0.6) is 11.5 Å². The van der Waals surface area contributed by atoms with E-state index in [4.69, 9.17) is 9.47 Å². The van der Waals surface area contributed by atoms with Gasteiger partial charge in [0.1, 0.15) is 11.5 Å². The van der Waals surface area contributed by atoms with Crippen LogP contribution in [0.4, 0.5) is 0 Å². The first-order valence-electron chi connectivity index (χ1n) is 7.81. The molecule has 0 bridgehead atoms. The van der Waals surface area contributed by atoms with Crippen molar-refractivity contribution < 1.29 is 9.47 Å². The summed E-state index contributed by atoms with van der Waals surface area (Å²) in [7, 11) is 3.42. The number of methoxy groups -OCH3 is 2. The second-order valence-electron chi connectivity index (χ2n) is 6.08. The molecule has 1 fully saturated rings. The first kappa shape index (κ1) is 22.3. The van der Waals surface area contributed by atoms with Crippen LogP contribution in [0.1, 0.15) is 31.9 Å². The van der Waals surface area contributed by atoms with Crippen LogP contribution in [0.3, 0.4) is 0 Å². The van der Waals surface area contributed by atoms with Gasteiger partial charge in [0.05, 0.1) is 14.2 Å². The van der Waals surface area contributed by atoms with Crippen LogP contribution in [-0.2, 0) is 0 Å². The molecule has 0 saturated carbocycles. The fourth-order valence-corrected chi connectivity index (χ4v) is 2.96. The number of hydrogen-bond acceptors (Lipinski definition) is 4. The lowest BCUT2D eigenvalue weighted by molar-refractivity contribution is 0.153. The zero-order valence-corrected chi connectivity index (χ0v) is 16.1. The highest BCUT2D eigenvalue weighted by Gasteiger charge is 2.24. The van der Waals surface area contributed by atoms with Gasteiger partial charge in [0.2, 0.25) is 0 Å². The first-order chi connectivity index (χ1) is 10.1. The largest absolute Gasteiger partial charge is 0.497 e. The summed E-state index contributed by atoms with van der Waals surface area (Å²) in [5.74, 6) is 2.39. The summed E-state index contributed by atoms with van der Waals surface area (Å²) in [5, 5.41) is 3.43. The van der Waals surface area contributed by atoms with Crippen LogP contribution >= 0.6 is 24.8 Å². The minimum absolute atomic E-state index is 0. The van der Waals surface area contributed by atoms with Crippen LogP contribution in [0.15, 0.2) is 18.2 Å². The van der Waals surface area contributed by atoms with Crippen molar-refractivity contribution in [2.45, 2.75) is 26.3 Å². The lowest BCUT2D eigenvalue weighted by Gasteiger charge is -2.36. The van der Waals surface area contributed by atoms with Crippen molar-refractivity contribution in [2.75, 3.05) is 40.4 Å². The highest BCUT2D eigenvalue weighted by Crippen LogP contribution is 2.33. The topological polar surface area (TPSA) is 33.7 Å².